The highest BCUT2D eigenvalue weighted by atomic mass is 32.2. The van der Waals surface area contributed by atoms with Gasteiger partial charge in [-0.05, 0) is 30.3 Å². The summed E-state index contributed by atoms with van der Waals surface area (Å²) in [6.45, 7) is 0. The van der Waals surface area contributed by atoms with Crippen LogP contribution in [-0.2, 0) is 17.1 Å². The summed E-state index contributed by atoms with van der Waals surface area (Å²) in [7, 11) is 0.508. The van der Waals surface area contributed by atoms with Crippen LogP contribution < -0.4 is 20.0 Å². The third kappa shape index (κ3) is 3.05. The van der Waals surface area contributed by atoms with Crippen molar-refractivity contribution in [3.05, 3.63) is 46.9 Å². The van der Waals surface area contributed by atoms with E-state index < -0.39 is 15.8 Å². The van der Waals surface area contributed by atoms with E-state index in [-0.39, 0.29) is 10.6 Å². The zero-order valence-corrected chi connectivity index (χ0v) is 14.6. The topological polar surface area (TPSA) is 99.8 Å². The van der Waals surface area contributed by atoms with E-state index in [1.165, 1.54) is 50.1 Å². The van der Waals surface area contributed by atoms with Crippen molar-refractivity contribution in [2.24, 2.45) is 7.05 Å². The molecule has 1 N–H and O–H groups in total. The summed E-state index contributed by atoms with van der Waals surface area (Å²) in [5.41, 5.74) is 0.930. The van der Waals surface area contributed by atoms with E-state index in [9.17, 15) is 13.2 Å². The van der Waals surface area contributed by atoms with Gasteiger partial charge in [-0.15, -0.1) is 0 Å². The Hall–Kier alpha value is -2.94. The number of hydrogen-bond acceptors (Lipinski definition) is 6. The molecule has 0 bridgehead atoms. The van der Waals surface area contributed by atoms with E-state index in [0.717, 1.165) is 0 Å². The number of oxazole rings is 1. The minimum absolute atomic E-state index is 0.0127. The molecule has 2 aromatic carbocycles. The average Bonchev–Trinajstić information content (AvgIpc) is 2.88. The first-order valence-corrected chi connectivity index (χ1v) is 8.68. The average molecular weight is 364 g/mol. The maximum atomic E-state index is 12.7. The predicted molar refractivity (Wildman–Crippen MR) is 91.8 cm³/mol. The van der Waals surface area contributed by atoms with E-state index in [0.29, 0.717) is 22.6 Å². The van der Waals surface area contributed by atoms with Gasteiger partial charge >= 0.3 is 5.76 Å². The molecule has 9 heteroatoms. The fraction of sp³-hybridized carbons (Fsp3) is 0.188. The first-order valence-electron chi connectivity index (χ1n) is 7.20. The third-order valence-corrected chi connectivity index (χ3v) is 5.09. The molecule has 0 saturated heterocycles. The number of methoxy groups -OCH3 is 2. The highest BCUT2D eigenvalue weighted by Gasteiger charge is 2.19. The molecule has 8 nitrogen and oxygen atoms in total. The Morgan fingerprint density at radius 2 is 1.84 bits per heavy atom. The van der Waals surface area contributed by atoms with E-state index >= 15 is 0 Å². The molecular weight excluding hydrogens is 348 g/mol. The number of rotatable bonds is 5. The zero-order valence-electron chi connectivity index (χ0n) is 13.8. The number of ether oxygens (including phenoxy) is 2. The quantitative estimate of drug-likeness (QED) is 0.743. The van der Waals surface area contributed by atoms with Gasteiger partial charge in [0.1, 0.15) is 11.5 Å². The molecule has 1 heterocycles. The Bertz CT molecular complexity index is 1100. The van der Waals surface area contributed by atoms with Crippen molar-refractivity contribution in [3.63, 3.8) is 0 Å². The Balaban J connectivity index is 2.05. The fourth-order valence-electron chi connectivity index (χ4n) is 2.37. The van der Waals surface area contributed by atoms with Gasteiger partial charge in [0.2, 0.25) is 0 Å². The number of anilines is 1. The maximum Gasteiger partial charge on any atom is 0.419 e. The van der Waals surface area contributed by atoms with Gasteiger partial charge in [0, 0.05) is 13.1 Å². The van der Waals surface area contributed by atoms with Crippen LogP contribution in [0, 0.1) is 0 Å². The van der Waals surface area contributed by atoms with E-state index in [1.54, 1.807) is 12.1 Å². The number of hydrogen-bond donors (Lipinski definition) is 1. The van der Waals surface area contributed by atoms with Crippen LogP contribution in [0.15, 0.2) is 50.5 Å². The van der Waals surface area contributed by atoms with Crippen LogP contribution in [0.2, 0.25) is 0 Å². The molecule has 0 aliphatic carbocycles. The Morgan fingerprint density at radius 1 is 1.08 bits per heavy atom. The lowest BCUT2D eigenvalue weighted by Gasteiger charge is -2.13. The minimum Gasteiger partial charge on any atom is -0.497 e. The van der Waals surface area contributed by atoms with Crippen LogP contribution in [0.1, 0.15) is 0 Å². The second-order valence-corrected chi connectivity index (χ2v) is 6.91. The highest BCUT2D eigenvalue weighted by molar-refractivity contribution is 7.92. The van der Waals surface area contributed by atoms with E-state index in [4.69, 9.17) is 13.9 Å². The SMILES string of the molecule is COc1ccc(OC)c(NS(=O)(=O)c2ccc3oc(=O)n(C)c3c2)c1. The molecule has 0 radical (unpaired) electrons. The number of fused-ring (bicyclic) bond motifs is 1. The summed E-state index contributed by atoms with van der Waals surface area (Å²) < 4.78 is 44.4. The highest BCUT2D eigenvalue weighted by Crippen LogP contribution is 2.31. The molecule has 25 heavy (non-hydrogen) atoms. The van der Waals surface area contributed by atoms with Crippen molar-refractivity contribution in [2.75, 3.05) is 18.9 Å². The summed E-state index contributed by atoms with van der Waals surface area (Å²) in [5, 5.41) is 0. The van der Waals surface area contributed by atoms with E-state index in [2.05, 4.69) is 4.72 Å². The molecule has 0 fully saturated rings. The minimum atomic E-state index is -3.91. The largest absolute Gasteiger partial charge is 0.497 e. The van der Waals surface area contributed by atoms with Crippen molar-refractivity contribution in [2.45, 2.75) is 4.90 Å². The lowest BCUT2D eigenvalue weighted by atomic mass is 10.3. The predicted octanol–water partition coefficient (Wildman–Crippen LogP) is 1.95. The van der Waals surface area contributed by atoms with Crippen molar-refractivity contribution < 1.29 is 22.3 Å². The van der Waals surface area contributed by atoms with Gasteiger partial charge in [-0.25, -0.2) is 13.2 Å². The number of sulfonamides is 1. The second-order valence-electron chi connectivity index (χ2n) is 5.23. The molecule has 0 aliphatic rings. The van der Waals surface area contributed by atoms with Crippen LogP contribution in [0.3, 0.4) is 0 Å². The molecule has 0 amide bonds. The van der Waals surface area contributed by atoms with Crippen LogP contribution in [0.25, 0.3) is 11.1 Å². The molecule has 0 spiro atoms. The van der Waals surface area contributed by atoms with Gasteiger partial charge in [-0.2, -0.15) is 0 Å². The Labute approximate surface area is 143 Å². The lowest BCUT2D eigenvalue weighted by Crippen LogP contribution is -2.14. The Morgan fingerprint density at radius 3 is 2.52 bits per heavy atom. The van der Waals surface area contributed by atoms with Crippen LogP contribution in [0.5, 0.6) is 11.5 Å². The van der Waals surface area contributed by atoms with Crippen LogP contribution in [-0.4, -0.2) is 27.2 Å². The van der Waals surface area contributed by atoms with Crippen molar-refractivity contribution >= 4 is 26.8 Å². The molecule has 132 valence electrons. The van der Waals surface area contributed by atoms with Gasteiger partial charge in [0.15, 0.2) is 5.58 Å². The van der Waals surface area contributed by atoms with Crippen molar-refractivity contribution in [1.82, 2.24) is 4.57 Å². The van der Waals surface area contributed by atoms with Crippen LogP contribution >= 0.6 is 0 Å². The van der Waals surface area contributed by atoms with Gasteiger partial charge in [-0.1, -0.05) is 0 Å². The van der Waals surface area contributed by atoms with E-state index in [1.807, 2.05) is 0 Å². The van der Waals surface area contributed by atoms with Crippen LogP contribution in [0.4, 0.5) is 5.69 Å². The summed E-state index contributed by atoms with van der Waals surface area (Å²) in [5.74, 6) is 0.263. The molecular formula is C16H16N2O6S. The molecule has 3 aromatic rings. The summed E-state index contributed by atoms with van der Waals surface area (Å²) in [4.78, 5) is 11.5. The number of benzene rings is 2. The number of aromatic nitrogens is 1. The molecule has 3 rings (SSSR count). The van der Waals surface area contributed by atoms with Gasteiger partial charge in [0.25, 0.3) is 10.0 Å². The van der Waals surface area contributed by atoms with Gasteiger partial charge < -0.3 is 13.9 Å². The molecule has 0 saturated carbocycles. The first kappa shape index (κ1) is 16.9. The van der Waals surface area contributed by atoms with Gasteiger partial charge in [-0.3, -0.25) is 9.29 Å². The Kier molecular flexibility index (Phi) is 4.17. The lowest BCUT2D eigenvalue weighted by molar-refractivity contribution is 0.405. The first-order chi connectivity index (χ1) is 11.9. The number of nitrogens with zero attached hydrogens (tertiary/aromatic N) is 1. The molecule has 0 atom stereocenters. The molecule has 0 aliphatic heterocycles. The number of nitrogens with one attached hydrogen (secondary N) is 1. The number of aryl methyl sites for hydroxylation is 1. The van der Waals surface area contributed by atoms with Crippen molar-refractivity contribution in [3.8, 4) is 11.5 Å². The summed E-state index contributed by atoms with van der Waals surface area (Å²) in [6, 6.07) is 8.94. The summed E-state index contributed by atoms with van der Waals surface area (Å²) >= 11 is 0. The fourth-order valence-corrected chi connectivity index (χ4v) is 3.45. The standard InChI is InChI=1S/C16H16N2O6S/c1-18-13-9-11(5-7-15(13)24-16(18)19)25(20,21)17-12-8-10(22-2)4-6-14(12)23-3/h4-9,17H,1-3H3. The maximum absolute atomic E-state index is 12.7. The monoisotopic (exact) mass is 364 g/mol. The third-order valence-electron chi connectivity index (χ3n) is 3.72. The smallest absolute Gasteiger partial charge is 0.419 e. The van der Waals surface area contributed by atoms with Crippen molar-refractivity contribution in [1.29, 1.82) is 0 Å². The second kappa shape index (κ2) is 6.17. The normalized spacial score (nSPS) is 11.5. The summed E-state index contributed by atoms with van der Waals surface area (Å²) in [6.07, 6.45) is 0. The zero-order chi connectivity index (χ0) is 18.2. The van der Waals surface area contributed by atoms with Gasteiger partial charge in [0.05, 0.1) is 30.3 Å². The molecule has 1 aromatic heterocycles. The molecule has 0 unspecified atom stereocenters.